The predicted octanol–water partition coefficient (Wildman–Crippen LogP) is 3.00. The van der Waals surface area contributed by atoms with Crippen LogP contribution in [0.1, 0.15) is 19.4 Å². The van der Waals surface area contributed by atoms with Crippen molar-refractivity contribution >= 4 is 23.2 Å². The molecule has 2 N–H and O–H groups in total. The molecule has 0 amide bonds. The summed E-state index contributed by atoms with van der Waals surface area (Å²) in [7, 11) is 0. The second-order valence-electron chi connectivity index (χ2n) is 4.92. The van der Waals surface area contributed by atoms with E-state index < -0.39 is 0 Å². The maximum Gasteiger partial charge on any atom is 0.0609 e. The molecule has 0 aromatic heterocycles. The van der Waals surface area contributed by atoms with Gasteiger partial charge in [0.2, 0.25) is 0 Å². The third kappa shape index (κ3) is 1.74. The smallest absolute Gasteiger partial charge is 0.0609 e. The molecule has 88 valence electrons. The average molecular weight is 260 g/mol. The lowest BCUT2D eigenvalue weighted by molar-refractivity contribution is -0.0918. The Bertz CT molecular complexity index is 408. The molecule has 0 saturated carbocycles. The first-order valence-corrected chi connectivity index (χ1v) is 5.95. The summed E-state index contributed by atoms with van der Waals surface area (Å²) < 4.78 is 5.33. The van der Waals surface area contributed by atoms with Crippen LogP contribution in [0.4, 0.5) is 0 Å². The Morgan fingerprint density at radius 1 is 1.31 bits per heavy atom. The molecule has 0 aliphatic carbocycles. The van der Waals surface area contributed by atoms with Crippen LogP contribution in [0, 0.1) is 0 Å². The lowest BCUT2D eigenvalue weighted by Crippen LogP contribution is -2.64. The van der Waals surface area contributed by atoms with Crippen LogP contribution in [-0.2, 0) is 10.2 Å². The van der Waals surface area contributed by atoms with Crippen LogP contribution in [0.3, 0.4) is 0 Å². The highest BCUT2D eigenvalue weighted by Crippen LogP contribution is 2.43. The zero-order valence-corrected chi connectivity index (χ0v) is 10.9. The van der Waals surface area contributed by atoms with Crippen molar-refractivity contribution in [2.75, 3.05) is 13.2 Å². The van der Waals surface area contributed by atoms with Gasteiger partial charge in [-0.25, -0.2) is 0 Å². The molecular formula is C12H15Cl2NO. The van der Waals surface area contributed by atoms with Crippen molar-refractivity contribution in [2.45, 2.75) is 24.8 Å². The van der Waals surface area contributed by atoms with Gasteiger partial charge in [0.15, 0.2) is 0 Å². The minimum Gasteiger partial charge on any atom is -0.379 e. The molecule has 0 bridgehead atoms. The number of rotatable bonds is 2. The SMILES string of the molecule is CC(C)(N)C1(c2ccc(Cl)cc2Cl)COC1. The molecule has 1 aliphatic heterocycles. The average Bonchev–Trinajstić information content (AvgIpc) is 2.04. The van der Waals surface area contributed by atoms with Crippen LogP contribution < -0.4 is 5.73 Å². The van der Waals surface area contributed by atoms with Crippen molar-refractivity contribution in [3.05, 3.63) is 33.8 Å². The fraction of sp³-hybridized carbons (Fsp3) is 0.500. The molecule has 1 aromatic rings. The van der Waals surface area contributed by atoms with Crippen LogP contribution in [0.25, 0.3) is 0 Å². The summed E-state index contributed by atoms with van der Waals surface area (Å²) in [5.41, 5.74) is 6.70. The Labute approximate surface area is 106 Å². The lowest BCUT2D eigenvalue weighted by Gasteiger charge is -2.51. The van der Waals surface area contributed by atoms with Crippen LogP contribution in [0.15, 0.2) is 18.2 Å². The quantitative estimate of drug-likeness (QED) is 0.887. The van der Waals surface area contributed by atoms with Crippen molar-refractivity contribution in [3.8, 4) is 0 Å². The van der Waals surface area contributed by atoms with E-state index in [2.05, 4.69) is 0 Å². The molecule has 1 aliphatic rings. The zero-order valence-electron chi connectivity index (χ0n) is 9.39. The van der Waals surface area contributed by atoms with E-state index in [0.29, 0.717) is 23.3 Å². The van der Waals surface area contributed by atoms with Gasteiger partial charge >= 0.3 is 0 Å². The first-order chi connectivity index (χ1) is 7.37. The van der Waals surface area contributed by atoms with Crippen LogP contribution in [0.5, 0.6) is 0 Å². The standard InChI is InChI=1S/C12H15Cl2NO/c1-11(2,15)12(6-16-7-12)9-4-3-8(13)5-10(9)14/h3-5H,6-7,15H2,1-2H3. The molecule has 0 unspecified atom stereocenters. The van der Waals surface area contributed by atoms with Crippen molar-refractivity contribution in [1.29, 1.82) is 0 Å². The summed E-state index contributed by atoms with van der Waals surface area (Å²) in [4.78, 5) is 0. The van der Waals surface area contributed by atoms with Gasteiger partial charge in [0.1, 0.15) is 0 Å². The van der Waals surface area contributed by atoms with E-state index in [9.17, 15) is 0 Å². The molecule has 0 spiro atoms. The number of hydrogen-bond donors (Lipinski definition) is 1. The van der Waals surface area contributed by atoms with E-state index in [4.69, 9.17) is 33.7 Å². The molecule has 1 aromatic carbocycles. The molecule has 4 heteroatoms. The van der Waals surface area contributed by atoms with E-state index in [1.165, 1.54) is 0 Å². The van der Waals surface area contributed by atoms with Crippen molar-refractivity contribution < 1.29 is 4.74 Å². The van der Waals surface area contributed by atoms with Gasteiger partial charge in [0.25, 0.3) is 0 Å². The second kappa shape index (κ2) is 3.88. The van der Waals surface area contributed by atoms with Gasteiger partial charge in [-0.3, -0.25) is 0 Å². The summed E-state index contributed by atoms with van der Waals surface area (Å²) in [6.45, 7) is 5.22. The highest BCUT2D eigenvalue weighted by atomic mass is 35.5. The molecule has 1 heterocycles. The second-order valence-corrected chi connectivity index (χ2v) is 5.76. The van der Waals surface area contributed by atoms with Gasteiger partial charge in [0, 0.05) is 15.6 Å². The third-order valence-electron chi connectivity index (χ3n) is 3.38. The fourth-order valence-electron chi connectivity index (χ4n) is 2.06. The summed E-state index contributed by atoms with van der Waals surface area (Å²) in [6, 6.07) is 5.54. The highest BCUT2D eigenvalue weighted by Gasteiger charge is 2.51. The fourth-order valence-corrected chi connectivity index (χ4v) is 2.65. The molecule has 16 heavy (non-hydrogen) atoms. The summed E-state index contributed by atoms with van der Waals surface area (Å²) >= 11 is 12.1. The Hall–Kier alpha value is -0.280. The van der Waals surface area contributed by atoms with Crippen molar-refractivity contribution in [1.82, 2.24) is 0 Å². The van der Waals surface area contributed by atoms with Gasteiger partial charge in [-0.15, -0.1) is 0 Å². The predicted molar refractivity (Wildman–Crippen MR) is 67.2 cm³/mol. The minimum absolute atomic E-state index is 0.200. The molecule has 1 fully saturated rings. The summed E-state index contributed by atoms with van der Waals surface area (Å²) in [6.07, 6.45) is 0. The largest absolute Gasteiger partial charge is 0.379 e. The van der Waals surface area contributed by atoms with Gasteiger partial charge in [0.05, 0.1) is 18.6 Å². The van der Waals surface area contributed by atoms with Gasteiger partial charge in [-0.2, -0.15) is 0 Å². The first-order valence-electron chi connectivity index (χ1n) is 5.19. The van der Waals surface area contributed by atoms with Crippen LogP contribution in [-0.4, -0.2) is 18.8 Å². The number of hydrogen-bond acceptors (Lipinski definition) is 2. The van der Waals surface area contributed by atoms with E-state index in [1.54, 1.807) is 6.07 Å². The molecule has 2 rings (SSSR count). The van der Waals surface area contributed by atoms with Crippen molar-refractivity contribution in [3.63, 3.8) is 0 Å². The first kappa shape index (κ1) is 12.2. The highest BCUT2D eigenvalue weighted by molar-refractivity contribution is 6.35. The Kier molecular flexibility index (Phi) is 2.96. The number of ether oxygens (including phenoxy) is 1. The van der Waals surface area contributed by atoms with Gasteiger partial charge in [-0.1, -0.05) is 29.3 Å². The molecular weight excluding hydrogens is 245 g/mol. The monoisotopic (exact) mass is 259 g/mol. The van der Waals surface area contributed by atoms with Crippen molar-refractivity contribution in [2.24, 2.45) is 5.73 Å². The Morgan fingerprint density at radius 2 is 1.94 bits per heavy atom. The van der Waals surface area contributed by atoms with Crippen LogP contribution >= 0.6 is 23.2 Å². The number of halogens is 2. The normalized spacial score (nSPS) is 19.3. The number of nitrogens with two attached hydrogens (primary N) is 1. The van der Waals surface area contributed by atoms with Crippen LogP contribution in [0.2, 0.25) is 10.0 Å². The Balaban J connectivity index is 2.49. The zero-order chi connectivity index (χ0) is 12.0. The van der Waals surface area contributed by atoms with Gasteiger partial charge < -0.3 is 10.5 Å². The maximum atomic E-state index is 6.24. The topological polar surface area (TPSA) is 35.2 Å². The van der Waals surface area contributed by atoms with E-state index >= 15 is 0 Å². The molecule has 1 saturated heterocycles. The summed E-state index contributed by atoms with van der Waals surface area (Å²) in [5.74, 6) is 0. The van der Waals surface area contributed by atoms with E-state index in [-0.39, 0.29) is 11.0 Å². The van der Waals surface area contributed by atoms with E-state index in [0.717, 1.165) is 5.56 Å². The lowest BCUT2D eigenvalue weighted by atomic mass is 9.66. The maximum absolute atomic E-state index is 6.24. The van der Waals surface area contributed by atoms with Gasteiger partial charge in [-0.05, 0) is 31.5 Å². The molecule has 0 atom stereocenters. The third-order valence-corrected chi connectivity index (χ3v) is 3.92. The summed E-state index contributed by atoms with van der Waals surface area (Å²) in [5, 5.41) is 1.30. The number of benzene rings is 1. The Morgan fingerprint density at radius 3 is 2.31 bits per heavy atom. The molecule has 2 nitrogen and oxygen atoms in total. The molecule has 0 radical (unpaired) electrons. The minimum atomic E-state index is -0.372. The van der Waals surface area contributed by atoms with E-state index in [1.807, 2.05) is 26.0 Å².